The lowest BCUT2D eigenvalue weighted by molar-refractivity contribution is 0.0975. The van der Waals surface area contributed by atoms with Crippen LogP contribution in [0.5, 0.6) is 5.75 Å². The molecule has 23 heavy (non-hydrogen) atoms. The minimum atomic E-state index is -0.000553. The number of amides is 1. The van der Waals surface area contributed by atoms with Gasteiger partial charge in [-0.05, 0) is 44.4 Å². The first-order chi connectivity index (χ1) is 11.0. The van der Waals surface area contributed by atoms with Gasteiger partial charge >= 0.3 is 0 Å². The number of hydrogen-bond donors (Lipinski definition) is 0. The van der Waals surface area contributed by atoms with Gasteiger partial charge in [0.15, 0.2) is 0 Å². The van der Waals surface area contributed by atoms with Crippen molar-refractivity contribution in [1.82, 2.24) is 9.78 Å². The summed E-state index contributed by atoms with van der Waals surface area (Å²) in [5.74, 6) is 0.813. The summed E-state index contributed by atoms with van der Waals surface area (Å²) in [5, 5.41) is 4.35. The fourth-order valence-corrected chi connectivity index (χ4v) is 3.13. The van der Waals surface area contributed by atoms with Crippen molar-refractivity contribution in [3.05, 3.63) is 40.7 Å². The van der Waals surface area contributed by atoms with E-state index in [1.54, 1.807) is 6.20 Å². The van der Waals surface area contributed by atoms with Crippen molar-refractivity contribution in [2.45, 2.75) is 40.7 Å². The van der Waals surface area contributed by atoms with Crippen molar-refractivity contribution in [2.75, 3.05) is 18.1 Å². The Hall–Kier alpha value is -2.30. The molecule has 0 unspecified atom stereocenters. The van der Waals surface area contributed by atoms with Crippen molar-refractivity contribution in [3.63, 3.8) is 0 Å². The van der Waals surface area contributed by atoms with Gasteiger partial charge < -0.3 is 9.64 Å². The van der Waals surface area contributed by atoms with Crippen LogP contribution in [-0.2, 0) is 6.54 Å². The normalized spacial score (nSPS) is 13.7. The smallest absolute Gasteiger partial charge is 0.261 e. The monoisotopic (exact) mass is 313 g/mol. The predicted octanol–water partition coefficient (Wildman–Crippen LogP) is 3.26. The maximum Gasteiger partial charge on any atom is 0.261 e. The number of ether oxygens (including phenoxy) is 1. The average Bonchev–Trinajstić information content (AvgIpc) is 2.87. The largest absolute Gasteiger partial charge is 0.489 e. The summed E-state index contributed by atoms with van der Waals surface area (Å²) in [6.45, 7) is 10.0. The number of benzene rings is 1. The first-order valence-corrected chi connectivity index (χ1v) is 8.11. The quantitative estimate of drug-likeness (QED) is 0.874. The van der Waals surface area contributed by atoms with E-state index in [0.717, 1.165) is 41.2 Å². The van der Waals surface area contributed by atoms with Gasteiger partial charge in [0.1, 0.15) is 12.4 Å². The molecule has 3 rings (SSSR count). The molecular weight excluding hydrogens is 290 g/mol. The zero-order valence-electron chi connectivity index (χ0n) is 14.2. The molecule has 122 valence electrons. The van der Waals surface area contributed by atoms with Crippen LogP contribution in [0.3, 0.4) is 0 Å². The van der Waals surface area contributed by atoms with E-state index < -0.39 is 0 Å². The van der Waals surface area contributed by atoms with E-state index in [4.69, 9.17) is 4.74 Å². The summed E-state index contributed by atoms with van der Waals surface area (Å²) < 4.78 is 7.68. The van der Waals surface area contributed by atoms with Crippen molar-refractivity contribution < 1.29 is 9.53 Å². The zero-order valence-corrected chi connectivity index (χ0v) is 14.2. The Morgan fingerprint density at radius 3 is 2.83 bits per heavy atom. The fraction of sp³-hybridized carbons (Fsp3) is 0.444. The van der Waals surface area contributed by atoms with Gasteiger partial charge in [-0.1, -0.05) is 13.0 Å². The maximum atomic E-state index is 13.0. The molecule has 0 spiro atoms. The van der Waals surface area contributed by atoms with Crippen molar-refractivity contribution >= 4 is 11.6 Å². The van der Waals surface area contributed by atoms with E-state index >= 15 is 0 Å². The van der Waals surface area contributed by atoms with Gasteiger partial charge in [-0.3, -0.25) is 9.48 Å². The molecule has 2 heterocycles. The molecule has 1 aliphatic heterocycles. The van der Waals surface area contributed by atoms with Gasteiger partial charge in [-0.15, -0.1) is 0 Å². The van der Waals surface area contributed by atoms with Crippen LogP contribution >= 0.6 is 0 Å². The third kappa shape index (κ3) is 2.71. The minimum Gasteiger partial charge on any atom is -0.489 e. The van der Waals surface area contributed by atoms with Gasteiger partial charge in [0.05, 0.1) is 24.0 Å². The molecule has 1 aromatic carbocycles. The number of fused-ring (bicyclic) bond motifs is 1. The first-order valence-electron chi connectivity index (χ1n) is 8.11. The molecule has 0 saturated heterocycles. The molecule has 0 saturated carbocycles. The molecule has 5 nitrogen and oxygen atoms in total. The van der Waals surface area contributed by atoms with Gasteiger partial charge in [0.2, 0.25) is 0 Å². The summed E-state index contributed by atoms with van der Waals surface area (Å²) in [7, 11) is 0. The van der Waals surface area contributed by atoms with E-state index in [1.807, 2.05) is 36.4 Å². The highest BCUT2D eigenvalue weighted by atomic mass is 16.5. The molecule has 1 amide bonds. The lowest BCUT2D eigenvalue weighted by atomic mass is 10.1. The number of hydrogen-bond acceptors (Lipinski definition) is 3. The molecular formula is C18H23N3O2. The number of carbonyl (C=O) groups is 1. The summed E-state index contributed by atoms with van der Waals surface area (Å²) in [6.07, 6.45) is 2.68. The van der Waals surface area contributed by atoms with E-state index in [2.05, 4.69) is 18.1 Å². The number of carbonyl (C=O) groups excluding carboxylic acids is 1. The second kappa shape index (κ2) is 6.07. The molecule has 0 atom stereocenters. The molecule has 0 radical (unpaired) electrons. The fourth-order valence-electron chi connectivity index (χ4n) is 3.13. The molecule has 0 aliphatic carbocycles. The zero-order chi connectivity index (χ0) is 16.6. The topological polar surface area (TPSA) is 47.4 Å². The molecule has 1 aromatic heterocycles. The lowest BCUT2D eigenvalue weighted by Gasteiger charge is -2.31. The van der Waals surface area contributed by atoms with E-state index in [0.29, 0.717) is 18.7 Å². The molecule has 1 aliphatic rings. The van der Waals surface area contributed by atoms with E-state index in [9.17, 15) is 4.79 Å². The van der Waals surface area contributed by atoms with Gasteiger partial charge in [-0.2, -0.15) is 5.10 Å². The maximum absolute atomic E-state index is 13.0. The Morgan fingerprint density at radius 2 is 2.09 bits per heavy atom. The Balaban J connectivity index is 1.99. The van der Waals surface area contributed by atoms with Gasteiger partial charge in [-0.25, -0.2) is 0 Å². The highest BCUT2D eigenvalue weighted by molar-refractivity contribution is 6.07. The molecule has 5 heteroatoms. The highest BCUT2D eigenvalue weighted by Crippen LogP contribution is 2.36. The first kappa shape index (κ1) is 15.6. The third-order valence-electron chi connectivity index (χ3n) is 4.27. The Morgan fingerprint density at radius 1 is 1.30 bits per heavy atom. The Kier molecular flexibility index (Phi) is 4.11. The van der Waals surface area contributed by atoms with Crippen LogP contribution in [0.15, 0.2) is 18.3 Å². The van der Waals surface area contributed by atoms with Crippen LogP contribution in [0.25, 0.3) is 0 Å². The molecule has 2 aromatic rings. The summed E-state index contributed by atoms with van der Waals surface area (Å²) in [6, 6.07) is 4.10. The molecule has 0 fully saturated rings. The van der Waals surface area contributed by atoms with Crippen LogP contribution in [0, 0.1) is 20.8 Å². The van der Waals surface area contributed by atoms with Crippen LogP contribution in [0.4, 0.5) is 5.69 Å². The second-order valence-corrected chi connectivity index (χ2v) is 6.10. The number of aryl methyl sites for hydroxylation is 3. The predicted molar refractivity (Wildman–Crippen MR) is 90.3 cm³/mol. The summed E-state index contributed by atoms with van der Waals surface area (Å²) >= 11 is 0. The lowest BCUT2D eigenvalue weighted by Crippen LogP contribution is -2.38. The number of aromatic nitrogens is 2. The molecule has 0 bridgehead atoms. The van der Waals surface area contributed by atoms with Gasteiger partial charge in [0, 0.05) is 12.2 Å². The van der Waals surface area contributed by atoms with E-state index in [1.165, 1.54) is 0 Å². The number of nitrogens with zero attached hydrogens (tertiary/aromatic N) is 3. The van der Waals surface area contributed by atoms with E-state index in [-0.39, 0.29) is 5.91 Å². The minimum absolute atomic E-state index is 0.000553. The van der Waals surface area contributed by atoms with Gasteiger partial charge in [0.25, 0.3) is 5.91 Å². The van der Waals surface area contributed by atoms with Crippen molar-refractivity contribution in [2.24, 2.45) is 0 Å². The Labute approximate surface area is 136 Å². The SMILES string of the molecule is CCCn1ncc(C(=O)N2CCOc3c(C)cc(C)cc32)c1C. The van der Waals surface area contributed by atoms with Crippen LogP contribution in [-0.4, -0.2) is 28.8 Å². The number of anilines is 1. The molecule has 0 N–H and O–H groups in total. The standard InChI is InChI=1S/C18H23N3O2/c1-5-6-21-14(4)15(11-19-21)18(22)20-7-8-23-17-13(3)9-12(2)10-16(17)20/h9-11H,5-8H2,1-4H3. The van der Waals surface area contributed by atoms with Crippen molar-refractivity contribution in [3.8, 4) is 5.75 Å². The second-order valence-electron chi connectivity index (χ2n) is 6.10. The van der Waals surface area contributed by atoms with Crippen LogP contribution < -0.4 is 9.64 Å². The van der Waals surface area contributed by atoms with Crippen LogP contribution in [0.2, 0.25) is 0 Å². The summed E-state index contributed by atoms with van der Waals surface area (Å²) in [4.78, 5) is 14.9. The highest BCUT2D eigenvalue weighted by Gasteiger charge is 2.28. The van der Waals surface area contributed by atoms with Crippen molar-refractivity contribution in [1.29, 1.82) is 0 Å². The third-order valence-corrected chi connectivity index (χ3v) is 4.27. The number of rotatable bonds is 3. The Bertz CT molecular complexity index is 749. The average molecular weight is 313 g/mol. The van der Waals surface area contributed by atoms with Crippen LogP contribution in [0.1, 0.15) is 40.5 Å². The summed E-state index contributed by atoms with van der Waals surface area (Å²) in [5.41, 5.74) is 4.65.